The van der Waals surface area contributed by atoms with Gasteiger partial charge in [0.2, 0.25) is 0 Å². The first-order valence-electron chi connectivity index (χ1n) is 8.29. The smallest absolute Gasteiger partial charge is 0.177 e. The van der Waals surface area contributed by atoms with Crippen LogP contribution in [0, 0.1) is 0 Å². The maximum atomic E-state index is 4.49. The molecule has 1 aromatic heterocycles. The minimum Gasteiger partial charge on any atom is -0.338 e. The summed E-state index contributed by atoms with van der Waals surface area (Å²) in [5.41, 5.74) is 1.23. The molecule has 1 atom stereocenters. The second kappa shape index (κ2) is 7.14. The molecule has 1 aromatic rings. The standard InChI is InChI=1S/C16H27N7/c1-22(2)9-4-10-23(3)16-17-8-7-14(19-16)18-15-11-13(20-21-15)12-5-6-12/h7-8,11-12,16,19H,4-6,9-10H2,1-3H3,(H2,18,20,21). The Balaban J connectivity index is 1.49. The predicted octanol–water partition coefficient (Wildman–Crippen LogP) is 1.38. The summed E-state index contributed by atoms with van der Waals surface area (Å²) in [6.45, 7) is 2.08. The molecular weight excluding hydrogens is 290 g/mol. The van der Waals surface area contributed by atoms with Crippen LogP contribution in [0.5, 0.6) is 0 Å². The molecule has 3 N–H and O–H groups in total. The maximum Gasteiger partial charge on any atom is 0.177 e. The third kappa shape index (κ3) is 4.56. The molecule has 7 heteroatoms. The first kappa shape index (κ1) is 16.0. The third-order valence-electron chi connectivity index (χ3n) is 4.16. The number of hydrogen-bond acceptors (Lipinski definition) is 6. The Labute approximate surface area is 137 Å². The monoisotopic (exact) mass is 317 g/mol. The Morgan fingerprint density at radius 2 is 2.09 bits per heavy atom. The maximum absolute atomic E-state index is 4.49. The number of anilines is 1. The van der Waals surface area contributed by atoms with Crippen LogP contribution >= 0.6 is 0 Å². The van der Waals surface area contributed by atoms with Crippen LogP contribution in [0.25, 0.3) is 0 Å². The molecule has 0 aromatic carbocycles. The molecule has 23 heavy (non-hydrogen) atoms. The van der Waals surface area contributed by atoms with Crippen LogP contribution in [0.4, 0.5) is 5.82 Å². The van der Waals surface area contributed by atoms with E-state index in [1.165, 1.54) is 18.5 Å². The van der Waals surface area contributed by atoms with Gasteiger partial charge in [0, 0.05) is 30.4 Å². The Hall–Kier alpha value is -1.86. The van der Waals surface area contributed by atoms with Gasteiger partial charge >= 0.3 is 0 Å². The lowest BCUT2D eigenvalue weighted by molar-refractivity contribution is 0.212. The molecule has 2 heterocycles. The number of nitrogens with zero attached hydrogens (tertiary/aromatic N) is 4. The molecule has 1 fully saturated rings. The molecule has 1 unspecified atom stereocenters. The molecule has 0 radical (unpaired) electrons. The number of hydrogen-bond donors (Lipinski definition) is 3. The highest BCUT2D eigenvalue weighted by Crippen LogP contribution is 2.39. The SMILES string of the molecule is CN(C)CCCN(C)C1N=CC=C(Nc2cc(C3CC3)[nH]n2)N1. The molecule has 0 bridgehead atoms. The van der Waals surface area contributed by atoms with E-state index in [1.54, 1.807) is 0 Å². The van der Waals surface area contributed by atoms with Crippen molar-refractivity contribution in [3.05, 3.63) is 23.7 Å². The lowest BCUT2D eigenvalue weighted by Gasteiger charge is -2.29. The molecule has 1 aliphatic carbocycles. The van der Waals surface area contributed by atoms with Gasteiger partial charge in [-0.3, -0.25) is 15.0 Å². The fourth-order valence-corrected chi connectivity index (χ4v) is 2.63. The topological polar surface area (TPSA) is 71.6 Å². The van der Waals surface area contributed by atoms with Gasteiger partial charge in [0.15, 0.2) is 12.1 Å². The van der Waals surface area contributed by atoms with Crippen molar-refractivity contribution >= 4 is 12.0 Å². The summed E-state index contributed by atoms with van der Waals surface area (Å²) in [5, 5.41) is 14.2. The van der Waals surface area contributed by atoms with Crippen LogP contribution in [-0.2, 0) is 0 Å². The first-order valence-corrected chi connectivity index (χ1v) is 8.29. The summed E-state index contributed by atoms with van der Waals surface area (Å²) in [6, 6.07) is 2.10. The minimum absolute atomic E-state index is 0.0356. The van der Waals surface area contributed by atoms with Crippen molar-refractivity contribution in [1.82, 2.24) is 25.3 Å². The number of aromatic nitrogens is 2. The molecule has 1 aliphatic heterocycles. The Morgan fingerprint density at radius 3 is 2.83 bits per heavy atom. The van der Waals surface area contributed by atoms with Gasteiger partial charge in [0.05, 0.1) is 0 Å². The van der Waals surface area contributed by atoms with Gasteiger partial charge < -0.3 is 15.5 Å². The van der Waals surface area contributed by atoms with Gasteiger partial charge in [-0.2, -0.15) is 5.10 Å². The van der Waals surface area contributed by atoms with Crippen molar-refractivity contribution < 1.29 is 0 Å². The molecule has 0 amide bonds. The molecule has 0 saturated heterocycles. The summed E-state index contributed by atoms with van der Waals surface area (Å²) in [6.07, 6.45) is 7.42. The largest absolute Gasteiger partial charge is 0.338 e. The van der Waals surface area contributed by atoms with Crippen molar-refractivity contribution in [2.45, 2.75) is 31.5 Å². The zero-order valence-electron chi connectivity index (χ0n) is 14.2. The summed E-state index contributed by atoms with van der Waals surface area (Å²) >= 11 is 0. The van der Waals surface area contributed by atoms with E-state index in [1.807, 2.05) is 12.3 Å². The van der Waals surface area contributed by atoms with Crippen molar-refractivity contribution in [2.24, 2.45) is 4.99 Å². The lowest BCUT2D eigenvalue weighted by Crippen LogP contribution is -2.45. The van der Waals surface area contributed by atoms with Gasteiger partial charge in [0.1, 0.15) is 5.82 Å². The van der Waals surface area contributed by atoms with E-state index in [4.69, 9.17) is 0 Å². The average molecular weight is 317 g/mol. The summed E-state index contributed by atoms with van der Waals surface area (Å²) in [4.78, 5) is 8.91. The minimum atomic E-state index is -0.0356. The van der Waals surface area contributed by atoms with Crippen molar-refractivity contribution in [3.8, 4) is 0 Å². The van der Waals surface area contributed by atoms with E-state index in [0.29, 0.717) is 5.92 Å². The number of nitrogens with one attached hydrogen (secondary N) is 3. The van der Waals surface area contributed by atoms with Gasteiger partial charge in [-0.25, -0.2) is 0 Å². The van der Waals surface area contributed by atoms with E-state index < -0.39 is 0 Å². The summed E-state index contributed by atoms with van der Waals surface area (Å²) in [5.74, 6) is 2.47. The molecule has 126 valence electrons. The third-order valence-corrected chi connectivity index (χ3v) is 4.16. The number of aliphatic imine (C=N–C) groups is 1. The predicted molar refractivity (Wildman–Crippen MR) is 93.5 cm³/mol. The fourth-order valence-electron chi connectivity index (χ4n) is 2.63. The van der Waals surface area contributed by atoms with Crippen molar-refractivity contribution in [1.29, 1.82) is 0 Å². The van der Waals surface area contributed by atoms with Crippen LogP contribution in [0.3, 0.4) is 0 Å². The van der Waals surface area contributed by atoms with Crippen LogP contribution < -0.4 is 10.6 Å². The van der Waals surface area contributed by atoms with Gasteiger partial charge in [-0.05, 0) is 53.0 Å². The second-order valence-electron chi connectivity index (χ2n) is 6.64. The lowest BCUT2D eigenvalue weighted by atomic mass is 10.3. The molecule has 3 rings (SSSR count). The van der Waals surface area contributed by atoms with Gasteiger partial charge in [-0.1, -0.05) is 0 Å². The van der Waals surface area contributed by atoms with Crippen molar-refractivity contribution in [3.63, 3.8) is 0 Å². The summed E-state index contributed by atoms with van der Waals surface area (Å²) in [7, 11) is 6.29. The quantitative estimate of drug-likeness (QED) is 0.676. The Morgan fingerprint density at radius 1 is 1.26 bits per heavy atom. The van der Waals surface area contributed by atoms with Crippen LogP contribution in [0.2, 0.25) is 0 Å². The normalized spacial score (nSPS) is 20.7. The number of allylic oxidation sites excluding steroid dienone is 1. The first-order chi connectivity index (χ1) is 11.1. The molecule has 0 spiro atoms. The fraction of sp³-hybridized carbons (Fsp3) is 0.625. The summed E-state index contributed by atoms with van der Waals surface area (Å²) < 4.78 is 0. The highest BCUT2D eigenvalue weighted by atomic mass is 15.4. The second-order valence-corrected chi connectivity index (χ2v) is 6.64. The average Bonchev–Trinajstić information content (AvgIpc) is 3.27. The van der Waals surface area contributed by atoms with Gasteiger partial charge in [-0.15, -0.1) is 0 Å². The number of rotatable bonds is 8. The van der Waals surface area contributed by atoms with Crippen LogP contribution in [0.1, 0.15) is 30.9 Å². The van der Waals surface area contributed by atoms with E-state index in [0.717, 1.165) is 31.1 Å². The van der Waals surface area contributed by atoms with Crippen LogP contribution in [0.15, 0.2) is 23.0 Å². The molecule has 2 aliphatic rings. The zero-order chi connectivity index (χ0) is 16.2. The highest BCUT2D eigenvalue weighted by molar-refractivity contribution is 5.74. The van der Waals surface area contributed by atoms with E-state index in [-0.39, 0.29) is 6.29 Å². The molecule has 7 nitrogen and oxygen atoms in total. The number of H-pyrrole nitrogens is 1. The van der Waals surface area contributed by atoms with E-state index in [2.05, 4.69) is 62.8 Å². The highest BCUT2D eigenvalue weighted by Gasteiger charge is 2.25. The Kier molecular flexibility index (Phi) is 4.97. The van der Waals surface area contributed by atoms with Crippen molar-refractivity contribution in [2.75, 3.05) is 39.5 Å². The Bertz CT molecular complexity index is 571. The van der Waals surface area contributed by atoms with Crippen LogP contribution in [-0.4, -0.2) is 66.7 Å². The number of aromatic amines is 1. The molecular formula is C16H27N7. The molecule has 1 saturated carbocycles. The van der Waals surface area contributed by atoms with E-state index >= 15 is 0 Å². The zero-order valence-corrected chi connectivity index (χ0v) is 14.2. The van der Waals surface area contributed by atoms with Gasteiger partial charge in [0.25, 0.3) is 0 Å². The van der Waals surface area contributed by atoms with E-state index in [9.17, 15) is 0 Å².